The second-order valence-electron chi connectivity index (χ2n) is 6.31. The highest BCUT2D eigenvalue weighted by Gasteiger charge is 2.16. The number of anilines is 1. The lowest BCUT2D eigenvalue weighted by Gasteiger charge is -2.12. The van der Waals surface area contributed by atoms with Crippen molar-refractivity contribution in [1.29, 1.82) is 0 Å². The summed E-state index contributed by atoms with van der Waals surface area (Å²) in [6.07, 6.45) is 0.895. The van der Waals surface area contributed by atoms with Gasteiger partial charge < -0.3 is 15.4 Å². The maximum absolute atomic E-state index is 12.6. The number of carbonyl (C=O) groups is 2. The van der Waals surface area contributed by atoms with Crippen LogP contribution in [0, 0.1) is 5.92 Å². The van der Waals surface area contributed by atoms with E-state index in [0.717, 1.165) is 6.42 Å². The Morgan fingerprint density at radius 2 is 1.77 bits per heavy atom. The van der Waals surface area contributed by atoms with Crippen LogP contribution in [0.4, 0.5) is 5.69 Å². The molecule has 0 aliphatic carbocycles. The van der Waals surface area contributed by atoms with Crippen molar-refractivity contribution in [2.75, 3.05) is 19.0 Å². The van der Waals surface area contributed by atoms with Gasteiger partial charge in [-0.3, -0.25) is 9.59 Å². The van der Waals surface area contributed by atoms with Gasteiger partial charge in [0.2, 0.25) is 0 Å². The van der Waals surface area contributed by atoms with Gasteiger partial charge in [0.25, 0.3) is 11.8 Å². The second kappa shape index (κ2) is 9.25. The topological polar surface area (TPSA) is 67.4 Å². The van der Waals surface area contributed by atoms with Crippen LogP contribution >= 0.6 is 11.6 Å². The SMILES string of the molecule is COc1ccc(C(=O)NCCC(C)C)cc1C(=O)Nc1ccc(Cl)cc1. The summed E-state index contributed by atoms with van der Waals surface area (Å²) < 4.78 is 5.26. The Kier molecular flexibility index (Phi) is 7.04. The van der Waals surface area contributed by atoms with Crippen LogP contribution in [0.3, 0.4) is 0 Å². The molecule has 2 amide bonds. The Morgan fingerprint density at radius 1 is 1.08 bits per heavy atom. The van der Waals surface area contributed by atoms with Gasteiger partial charge in [0, 0.05) is 22.8 Å². The smallest absolute Gasteiger partial charge is 0.259 e. The summed E-state index contributed by atoms with van der Waals surface area (Å²) in [6, 6.07) is 11.6. The first-order chi connectivity index (χ1) is 12.4. The van der Waals surface area contributed by atoms with E-state index in [0.29, 0.717) is 40.0 Å². The molecule has 26 heavy (non-hydrogen) atoms. The Labute approximate surface area is 158 Å². The monoisotopic (exact) mass is 374 g/mol. The third kappa shape index (κ3) is 5.49. The molecule has 0 aliphatic heterocycles. The van der Waals surface area contributed by atoms with Gasteiger partial charge in [0.15, 0.2) is 0 Å². The zero-order valence-electron chi connectivity index (χ0n) is 15.1. The minimum absolute atomic E-state index is 0.214. The van der Waals surface area contributed by atoms with E-state index in [1.54, 1.807) is 36.4 Å². The molecular formula is C20H23ClN2O3. The van der Waals surface area contributed by atoms with Gasteiger partial charge >= 0.3 is 0 Å². The van der Waals surface area contributed by atoms with Crippen molar-refractivity contribution < 1.29 is 14.3 Å². The lowest BCUT2D eigenvalue weighted by atomic mass is 10.1. The minimum Gasteiger partial charge on any atom is -0.496 e. The molecule has 6 heteroatoms. The summed E-state index contributed by atoms with van der Waals surface area (Å²) >= 11 is 5.85. The summed E-state index contributed by atoms with van der Waals surface area (Å²) in [5, 5.41) is 6.22. The molecule has 0 saturated carbocycles. The third-order valence-corrected chi connectivity index (χ3v) is 4.07. The van der Waals surface area contributed by atoms with Gasteiger partial charge in [-0.2, -0.15) is 0 Å². The summed E-state index contributed by atoms with van der Waals surface area (Å²) in [4.78, 5) is 24.9. The number of nitrogens with one attached hydrogen (secondary N) is 2. The maximum atomic E-state index is 12.6. The molecule has 0 heterocycles. The van der Waals surface area contributed by atoms with Crippen LogP contribution in [-0.2, 0) is 0 Å². The molecule has 0 spiro atoms. The summed E-state index contributed by atoms with van der Waals surface area (Å²) in [5.74, 6) is 0.330. The molecule has 2 N–H and O–H groups in total. The molecular weight excluding hydrogens is 352 g/mol. The van der Waals surface area contributed by atoms with Crippen LogP contribution in [0.1, 0.15) is 41.0 Å². The normalized spacial score (nSPS) is 10.5. The van der Waals surface area contributed by atoms with Crippen molar-refractivity contribution in [3.05, 3.63) is 58.6 Å². The molecule has 0 saturated heterocycles. The van der Waals surface area contributed by atoms with Crippen molar-refractivity contribution in [2.24, 2.45) is 5.92 Å². The summed E-state index contributed by atoms with van der Waals surface area (Å²) in [6.45, 7) is 4.78. The molecule has 0 radical (unpaired) electrons. The number of halogens is 1. The maximum Gasteiger partial charge on any atom is 0.259 e. The van der Waals surface area contributed by atoms with Crippen molar-refractivity contribution in [3.8, 4) is 5.75 Å². The summed E-state index contributed by atoms with van der Waals surface area (Å²) in [7, 11) is 1.48. The lowest BCUT2D eigenvalue weighted by molar-refractivity contribution is 0.0952. The fraction of sp³-hybridized carbons (Fsp3) is 0.300. The molecule has 0 aromatic heterocycles. The molecule has 0 aliphatic rings. The largest absolute Gasteiger partial charge is 0.496 e. The highest BCUT2D eigenvalue weighted by molar-refractivity contribution is 6.30. The van der Waals surface area contributed by atoms with E-state index in [1.165, 1.54) is 13.2 Å². The third-order valence-electron chi connectivity index (χ3n) is 3.82. The molecule has 0 atom stereocenters. The number of benzene rings is 2. The fourth-order valence-corrected chi connectivity index (χ4v) is 2.46. The molecule has 2 aromatic carbocycles. The number of carbonyl (C=O) groups excluding carboxylic acids is 2. The predicted molar refractivity (Wildman–Crippen MR) is 104 cm³/mol. The Balaban J connectivity index is 2.16. The molecule has 0 bridgehead atoms. The van der Waals surface area contributed by atoms with E-state index < -0.39 is 0 Å². The molecule has 0 unspecified atom stereocenters. The molecule has 138 valence electrons. The van der Waals surface area contributed by atoms with E-state index >= 15 is 0 Å². The van der Waals surface area contributed by atoms with Crippen molar-refractivity contribution in [3.63, 3.8) is 0 Å². The van der Waals surface area contributed by atoms with E-state index in [4.69, 9.17) is 16.3 Å². The number of hydrogen-bond acceptors (Lipinski definition) is 3. The Hall–Kier alpha value is -2.53. The van der Waals surface area contributed by atoms with E-state index in [-0.39, 0.29) is 11.8 Å². The van der Waals surface area contributed by atoms with Crippen LogP contribution in [0.2, 0.25) is 5.02 Å². The fourth-order valence-electron chi connectivity index (χ4n) is 2.33. The number of ether oxygens (including phenoxy) is 1. The first-order valence-corrected chi connectivity index (χ1v) is 8.81. The van der Waals surface area contributed by atoms with Gasteiger partial charge in [-0.25, -0.2) is 0 Å². The van der Waals surface area contributed by atoms with Crippen molar-refractivity contribution in [2.45, 2.75) is 20.3 Å². The number of hydrogen-bond donors (Lipinski definition) is 2. The van der Waals surface area contributed by atoms with Crippen LogP contribution in [0.5, 0.6) is 5.75 Å². The lowest BCUT2D eigenvalue weighted by Crippen LogP contribution is -2.25. The molecule has 2 aromatic rings. The van der Waals surface area contributed by atoms with Crippen LogP contribution < -0.4 is 15.4 Å². The van der Waals surface area contributed by atoms with Gasteiger partial charge in [0.1, 0.15) is 5.75 Å². The van der Waals surface area contributed by atoms with Crippen LogP contribution in [0.25, 0.3) is 0 Å². The standard InChI is InChI=1S/C20H23ClN2O3/c1-13(2)10-11-22-19(24)14-4-9-18(26-3)17(12-14)20(25)23-16-7-5-15(21)6-8-16/h4-9,12-13H,10-11H2,1-3H3,(H,22,24)(H,23,25). The van der Waals surface area contributed by atoms with Gasteiger partial charge in [0.05, 0.1) is 12.7 Å². The quantitative estimate of drug-likeness (QED) is 0.755. The first kappa shape index (κ1) is 19.8. The van der Waals surface area contributed by atoms with Gasteiger partial charge in [-0.1, -0.05) is 25.4 Å². The highest BCUT2D eigenvalue weighted by Crippen LogP contribution is 2.22. The molecule has 5 nitrogen and oxygen atoms in total. The van der Waals surface area contributed by atoms with Crippen LogP contribution in [0.15, 0.2) is 42.5 Å². The van der Waals surface area contributed by atoms with E-state index in [1.807, 2.05) is 0 Å². The molecule has 2 rings (SSSR count). The van der Waals surface area contributed by atoms with E-state index in [2.05, 4.69) is 24.5 Å². The van der Waals surface area contributed by atoms with E-state index in [9.17, 15) is 9.59 Å². The zero-order chi connectivity index (χ0) is 19.1. The number of rotatable bonds is 7. The average molecular weight is 375 g/mol. The Morgan fingerprint density at radius 3 is 2.38 bits per heavy atom. The number of methoxy groups -OCH3 is 1. The summed E-state index contributed by atoms with van der Waals surface area (Å²) in [5.41, 5.74) is 1.31. The van der Waals surface area contributed by atoms with Gasteiger partial charge in [-0.15, -0.1) is 0 Å². The highest BCUT2D eigenvalue weighted by atomic mass is 35.5. The average Bonchev–Trinajstić information content (AvgIpc) is 2.62. The first-order valence-electron chi connectivity index (χ1n) is 8.44. The number of amides is 2. The second-order valence-corrected chi connectivity index (χ2v) is 6.75. The van der Waals surface area contributed by atoms with Crippen molar-refractivity contribution in [1.82, 2.24) is 5.32 Å². The van der Waals surface area contributed by atoms with Crippen LogP contribution in [-0.4, -0.2) is 25.5 Å². The Bertz CT molecular complexity index is 773. The minimum atomic E-state index is -0.360. The zero-order valence-corrected chi connectivity index (χ0v) is 15.9. The predicted octanol–water partition coefficient (Wildman–Crippen LogP) is 4.38. The van der Waals surface area contributed by atoms with Gasteiger partial charge in [-0.05, 0) is 54.8 Å². The van der Waals surface area contributed by atoms with Crippen molar-refractivity contribution >= 4 is 29.1 Å². The molecule has 0 fully saturated rings.